The quantitative estimate of drug-likeness (QED) is 0.711. The Hall–Kier alpha value is -2.60. The third-order valence-corrected chi connectivity index (χ3v) is 4.15. The summed E-state index contributed by atoms with van der Waals surface area (Å²) in [5.41, 5.74) is 1.62. The molecule has 3 aromatic rings. The van der Waals surface area contributed by atoms with E-state index < -0.39 is 6.04 Å². The minimum Gasteiger partial charge on any atom is -0.445 e. The van der Waals surface area contributed by atoms with Gasteiger partial charge in [0.15, 0.2) is 10.9 Å². The largest absolute Gasteiger partial charge is 0.445 e. The molecule has 0 saturated heterocycles. The lowest BCUT2D eigenvalue weighted by Gasteiger charge is -2.19. The molecule has 0 saturated carbocycles. The zero-order valence-corrected chi connectivity index (χ0v) is 13.7. The molecule has 0 bridgehead atoms. The highest BCUT2D eigenvalue weighted by Gasteiger charge is 2.20. The molecule has 2 heterocycles. The van der Waals surface area contributed by atoms with Gasteiger partial charge in [0.2, 0.25) is 0 Å². The van der Waals surface area contributed by atoms with E-state index in [9.17, 15) is 9.18 Å². The lowest BCUT2D eigenvalue weighted by molar-refractivity contribution is 0.0910. The minimum atomic E-state index is -0.427. The summed E-state index contributed by atoms with van der Waals surface area (Å²) in [5, 5.41) is 3.60. The zero-order valence-electron chi connectivity index (χ0n) is 12.9. The van der Waals surface area contributed by atoms with Gasteiger partial charge in [-0.2, -0.15) is 0 Å². The third kappa shape index (κ3) is 3.65. The second kappa shape index (κ2) is 7.31. The maximum Gasteiger partial charge on any atom is 0.287 e. The van der Waals surface area contributed by atoms with E-state index in [1.165, 1.54) is 23.9 Å². The van der Waals surface area contributed by atoms with Crippen LogP contribution in [0.5, 0.6) is 0 Å². The summed E-state index contributed by atoms with van der Waals surface area (Å²) in [4.78, 5) is 16.5. The number of hydrogen-bond acceptors (Lipinski definition) is 4. The maximum absolute atomic E-state index is 13.2. The SMILES string of the molecule is CSc1ccc(C(=O)N[C@@H](c2ccncc2)c2ccc(F)cc2)o1. The van der Waals surface area contributed by atoms with Crippen LogP contribution in [0, 0.1) is 5.82 Å². The Kier molecular flexibility index (Phi) is 4.96. The number of carbonyl (C=O) groups excluding carboxylic acids is 1. The third-order valence-electron chi connectivity index (χ3n) is 3.52. The highest BCUT2D eigenvalue weighted by Crippen LogP contribution is 2.24. The first kappa shape index (κ1) is 16.3. The zero-order chi connectivity index (χ0) is 16.9. The van der Waals surface area contributed by atoms with E-state index in [1.54, 1.807) is 36.7 Å². The van der Waals surface area contributed by atoms with Crippen molar-refractivity contribution < 1.29 is 13.6 Å². The van der Waals surface area contributed by atoms with Gasteiger partial charge in [0.1, 0.15) is 5.82 Å². The van der Waals surface area contributed by atoms with Crippen LogP contribution in [0.15, 0.2) is 70.4 Å². The Balaban J connectivity index is 1.90. The van der Waals surface area contributed by atoms with Crippen molar-refractivity contribution in [3.8, 4) is 0 Å². The Labute approximate surface area is 143 Å². The molecule has 0 fully saturated rings. The van der Waals surface area contributed by atoms with Gasteiger partial charge in [-0.1, -0.05) is 23.9 Å². The number of nitrogens with one attached hydrogen (secondary N) is 1. The molecule has 0 spiro atoms. The number of halogens is 1. The number of aromatic nitrogens is 1. The Bertz CT molecular complexity index is 819. The smallest absolute Gasteiger partial charge is 0.287 e. The van der Waals surface area contributed by atoms with Crippen molar-refractivity contribution in [2.75, 3.05) is 6.26 Å². The van der Waals surface area contributed by atoms with Crippen LogP contribution in [0.25, 0.3) is 0 Å². The van der Waals surface area contributed by atoms with Crippen LogP contribution in [-0.2, 0) is 0 Å². The second-order valence-corrected chi connectivity index (χ2v) is 5.87. The number of carbonyl (C=O) groups is 1. The highest BCUT2D eigenvalue weighted by atomic mass is 32.2. The molecule has 2 aromatic heterocycles. The van der Waals surface area contributed by atoms with Crippen LogP contribution in [0.3, 0.4) is 0 Å². The molecule has 0 aliphatic rings. The van der Waals surface area contributed by atoms with Crippen LogP contribution in [0.1, 0.15) is 27.7 Å². The van der Waals surface area contributed by atoms with Crippen molar-refractivity contribution in [3.05, 3.63) is 83.6 Å². The first-order valence-corrected chi connectivity index (χ1v) is 8.50. The van der Waals surface area contributed by atoms with Crippen molar-refractivity contribution in [3.63, 3.8) is 0 Å². The molecular formula is C18H15FN2O2S. The van der Waals surface area contributed by atoms with Crippen LogP contribution in [0.2, 0.25) is 0 Å². The number of hydrogen-bond donors (Lipinski definition) is 1. The molecule has 1 amide bonds. The van der Waals surface area contributed by atoms with Crippen molar-refractivity contribution in [1.29, 1.82) is 0 Å². The monoisotopic (exact) mass is 342 g/mol. The van der Waals surface area contributed by atoms with Gasteiger partial charge < -0.3 is 9.73 Å². The van der Waals surface area contributed by atoms with Gasteiger partial charge in [-0.25, -0.2) is 4.39 Å². The Morgan fingerprint density at radius 2 is 1.75 bits per heavy atom. The molecule has 0 aliphatic carbocycles. The molecule has 3 rings (SSSR count). The summed E-state index contributed by atoms with van der Waals surface area (Å²) in [5.74, 6) is -0.420. The lowest BCUT2D eigenvalue weighted by atomic mass is 9.99. The number of rotatable bonds is 5. The summed E-state index contributed by atoms with van der Waals surface area (Å²) in [7, 11) is 0. The summed E-state index contributed by atoms with van der Waals surface area (Å²) >= 11 is 1.42. The van der Waals surface area contributed by atoms with Gasteiger partial charge >= 0.3 is 0 Å². The molecule has 0 aliphatic heterocycles. The highest BCUT2D eigenvalue weighted by molar-refractivity contribution is 7.98. The van der Waals surface area contributed by atoms with Crippen molar-refractivity contribution in [2.24, 2.45) is 0 Å². The van der Waals surface area contributed by atoms with Gasteiger partial charge in [-0.05, 0) is 53.8 Å². The summed E-state index contributed by atoms with van der Waals surface area (Å²) < 4.78 is 18.7. The van der Waals surface area contributed by atoms with E-state index in [-0.39, 0.29) is 17.5 Å². The van der Waals surface area contributed by atoms with E-state index in [0.29, 0.717) is 5.09 Å². The first-order chi connectivity index (χ1) is 11.7. The first-order valence-electron chi connectivity index (χ1n) is 7.27. The van der Waals surface area contributed by atoms with Crippen molar-refractivity contribution in [2.45, 2.75) is 11.1 Å². The number of amides is 1. The van der Waals surface area contributed by atoms with Gasteiger partial charge in [-0.3, -0.25) is 9.78 Å². The number of thioether (sulfide) groups is 1. The van der Waals surface area contributed by atoms with Gasteiger partial charge in [0, 0.05) is 12.4 Å². The molecule has 24 heavy (non-hydrogen) atoms. The van der Waals surface area contributed by atoms with Crippen molar-refractivity contribution >= 4 is 17.7 Å². The minimum absolute atomic E-state index is 0.237. The fourth-order valence-corrected chi connectivity index (χ4v) is 2.70. The molecule has 1 aromatic carbocycles. The summed E-state index contributed by atoms with van der Waals surface area (Å²) in [6, 6.07) is 12.6. The lowest BCUT2D eigenvalue weighted by Crippen LogP contribution is -2.29. The molecule has 0 radical (unpaired) electrons. The standard InChI is InChI=1S/C18H15FN2O2S/c1-24-16-7-6-15(23-16)18(22)21-17(13-8-10-20-11-9-13)12-2-4-14(19)5-3-12/h2-11,17H,1H3,(H,21,22)/t17-/m1/s1. The molecular weight excluding hydrogens is 327 g/mol. The average Bonchev–Trinajstić information content (AvgIpc) is 3.10. The predicted molar refractivity (Wildman–Crippen MR) is 90.4 cm³/mol. The molecule has 0 unspecified atom stereocenters. The number of pyridine rings is 1. The summed E-state index contributed by atoms with van der Waals surface area (Å²) in [6.45, 7) is 0. The fourth-order valence-electron chi connectivity index (χ4n) is 2.32. The fraction of sp³-hybridized carbons (Fsp3) is 0.111. The molecule has 1 atom stereocenters. The molecule has 1 N–H and O–H groups in total. The van der Waals surface area contributed by atoms with Gasteiger partial charge in [-0.15, -0.1) is 0 Å². The van der Waals surface area contributed by atoms with E-state index in [1.807, 2.05) is 18.4 Å². The molecule has 122 valence electrons. The van der Waals surface area contributed by atoms with E-state index in [4.69, 9.17) is 4.42 Å². The second-order valence-electron chi connectivity index (χ2n) is 5.06. The van der Waals surface area contributed by atoms with Crippen LogP contribution in [0.4, 0.5) is 4.39 Å². The molecule has 6 heteroatoms. The molecule has 4 nitrogen and oxygen atoms in total. The maximum atomic E-state index is 13.2. The van der Waals surface area contributed by atoms with Crippen molar-refractivity contribution in [1.82, 2.24) is 10.3 Å². The Morgan fingerprint density at radius 1 is 1.08 bits per heavy atom. The normalized spacial score (nSPS) is 11.9. The van der Waals surface area contributed by atoms with E-state index in [2.05, 4.69) is 10.3 Å². The Morgan fingerprint density at radius 3 is 2.38 bits per heavy atom. The number of benzene rings is 1. The average molecular weight is 342 g/mol. The van der Waals surface area contributed by atoms with Gasteiger partial charge in [0.05, 0.1) is 6.04 Å². The predicted octanol–water partition coefficient (Wildman–Crippen LogP) is 4.06. The topological polar surface area (TPSA) is 55.1 Å². The van der Waals surface area contributed by atoms with Crippen LogP contribution >= 0.6 is 11.8 Å². The summed E-state index contributed by atoms with van der Waals surface area (Å²) in [6.07, 6.45) is 5.17. The van der Waals surface area contributed by atoms with Gasteiger partial charge in [0.25, 0.3) is 5.91 Å². The van der Waals surface area contributed by atoms with E-state index in [0.717, 1.165) is 11.1 Å². The number of nitrogens with zero attached hydrogens (tertiary/aromatic N) is 1. The van der Waals surface area contributed by atoms with Crippen LogP contribution < -0.4 is 5.32 Å². The van der Waals surface area contributed by atoms with Crippen LogP contribution in [-0.4, -0.2) is 17.1 Å². The van der Waals surface area contributed by atoms with E-state index >= 15 is 0 Å². The number of furan rings is 1.